The molecule has 1 aliphatic rings. The molecule has 1 nitrogen and oxygen atoms in total. The molecule has 1 N–H and O–H groups in total. The molecule has 0 saturated heterocycles. The molecule has 0 unspecified atom stereocenters. The van der Waals surface area contributed by atoms with Gasteiger partial charge >= 0.3 is 0 Å². The summed E-state index contributed by atoms with van der Waals surface area (Å²) in [5.41, 5.74) is 0.527. The Kier molecular flexibility index (Phi) is 5.28. The van der Waals surface area contributed by atoms with E-state index in [1.165, 1.54) is 47.3 Å². The van der Waals surface area contributed by atoms with Gasteiger partial charge in [0.25, 0.3) is 0 Å². The second kappa shape index (κ2) is 6.53. The zero-order valence-electron chi connectivity index (χ0n) is 11.5. The summed E-state index contributed by atoms with van der Waals surface area (Å²) in [6, 6.07) is 4.47. The molecule has 0 spiro atoms. The second-order valence-electron chi connectivity index (χ2n) is 6.11. The van der Waals surface area contributed by atoms with Gasteiger partial charge in [0.2, 0.25) is 0 Å². The van der Waals surface area contributed by atoms with Crippen LogP contribution in [0.2, 0.25) is 0 Å². The number of thiophene rings is 1. The maximum atomic E-state index is 3.69. The van der Waals surface area contributed by atoms with Crippen molar-refractivity contribution in [2.75, 3.05) is 13.1 Å². The van der Waals surface area contributed by atoms with Crippen LogP contribution in [0.15, 0.2) is 15.9 Å². The Morgan fingerprint density at radius 3 is 2.61 bits per heavy atom. The number of hydrogen-bond donors (Lipinski definition) is 1. The van der Waals surface area contributed by atoms with Crippen molar-refractivity contribution >= 4 is 27.3 Å². The molecule has 102 valence electrons. The first-order valence-electron chi connectivity index (χ1n) is 7.05. The molecule has 3 heteroatoms. The van der Waals surface area contributed by atoms with E-state index in [0.717, 1.165) is 12.5 Å². The van der Waals surface area contributed by atoms with Crippen LogP contribution in [0.5, 0.6) is 0 Å². The molecule has 18 heavy (non-hydrogen) atoms. The van der Waals surface area contributed by atoms with Gasteiger partial charge in [0.05, 0.1) is 3.79 Å². The fourth-order valence-electron chi connectivity index (χ4n) is 2.98. The molecular formula is C15H24BrNS. The maximum Gasteiger partial charge on any atom is 0.0701 e. The van der Waals surface area contributed by atoms with Crippen LogP contribution in [0.4, 0.5) is 0 Å². The van der Waals surface area contributed by atoms with Crippen LogP contribution < -0.4 is 5.32 Å². The fraction of sp³-hybridized carbons (Fsp3) is 0.733. The van der Waals surface area contributed by atoms with E-state index in [4.69, 9.17) is 0 Å². The predicted octanol–water partition coefficient (Wildman–Crippen LogP) is 4.86. The summed E-state index contributed by atoms with van der Waals surface area (Å²) in [5.74, 6) is 0.749. The number of halogens is 1. The summed E-state index contributed by atoms with van der Waals surface area (Å²) in [6.07, 6.45) is 6.88. The minimum Gasteiger partial charge on any atom is -0.316 e. The van der Waals surface area contributed by atoms with Crippen LogP contribution in [-0.2, 0) is 6.42 Å². The third-order valence-corrected chi connectivity index (χ3v) is 5.52. The quantitative estimate of drug-likeness (QED) is 0.785. The molecule has 2 rings (SSSR count). The maximum absolute atomic E-state index is 3.69. The lowest BCUT2D eigenvalue weighted by molar-refractivity contribution is 0.275. The zero-order valence-corrected chi connectivity index (χ0v) is 13.9. The van der Waals surface area contributed by atoms with Gasteiger partial charge in [-0.05, 0) is 65.2 Å². The average molecular weight is 330 g/mol. The fourth-order valence-corrected chi connectivity index (χ4v) is 4.64. The Morgan fingerprint density at radius 1 is 1.33 bits per heavy atom. The summed E-state index contributed by atoms with van der Waals surface area (Å²) < 4.78 is 1.26. The van der Waals surface area contributed by atoms with Crippen molar-refractivity contribution in [2.24, 2.45) is 11.3 Å². The van der Waals surface area contributed by atoms with Gasteiger partial charge in [-0.2, -0.15) is 0 Å². The molecule has 1 heterocycles. The topological polar surface area (TPSA) is 12.0 Å². The van der Waals surface area contributed by atoms with Gasteiger partial charge in [-0.3, -0.25) is 0 Å². The van der Waals surface area contributed by atoms with Gasteiger partial charge in [0.15, 0.2) is 0 Å². The average Bonchev–Trinajstić information content (AvgIpc) is 2.89. The lowest BCUT2D eigenvalue weighted by Gasteiger charge is -2.29. The summed E-state index contributed by atoms with van der Waals surface area (Å²) in [4.78, 5) is 1.54. The lowest BCUT2D eigenvalue weighted by Crippen LogP contribution is -2.35. The van der Waals surface area contributed by atoms with Gasteiger partial charge in [0.1, 0.15) is 0 Å². The van der Waals surface area contributed by atoms with Crippen LogP contribution in [-0.4, -0.2) is 13.1 Å². The molecular weight excluding hydrogens is 306 g/mol. The smallest absolute Gasteiger partial charge is 0.0701 e. The minimum absolute atomic E-state index is 0.527. The lowest BCUT2D eigenvalue weighted by atomic mass is 9.82. The molecule has 0 aliphatic heterocycles. The van der Waals surface area contributed by atoms with Crippen LogP contribution in [0, 0.1) is 11.3 Å². The van der Waals surface area contributed by atoms with Gasteiger partial charge in [-0.1, -0.05) is 26.7 Å². The van der Waals surface area contributed by atoms with Crippen LogP contribution in [0.1, 0.15) is 44.4 Å². The molecule has 1 aromatic rings. The third kappa shape index (κ3) is 4.07. The van der Waals surface area contributed by atoms with Gasteiger partial charge < -0.3 is 5.32 Å². The van der Waals surface area contributed by atoms with E-state index in [1.54, 1.807) is 0 Å². The van der Waals surface area contributed by atoms with Crippen molar-refractivity contribution < 1.29 is 0 Å². The monoisotopic (exact) mass is 329 g/mol. The van der Waals surface area contributed by atoms with Crippen molar-refractivity contribution in [1.82, 2.24) is 5.32 Å². The van der Waals surface area contributed by atoms with Crippen molar-refractivity contribution in [3.05, 3.63) is 20.8 Å². The predicted molar refractivity (Wildman–Crippen MR) is 84.3 cm³/mol. The highest BCUT2D eigenvalue weighted by molar-refractivity contribution is 9.11. The first-order valence-corrected chi connectivity index (χ1v) is 8.66. The Morgan fingerprint density at radius 2 is 2.06 bits per heavy atom. The number of nitrogens with one attached hydrogen (secondary N) is 1. The summed E-state index contributed by atoms with van der Waals surface area (Å²) >= 11 is 5.48. The van der Waals surface area contributed by atoms with E-state index in [9.17, 15) is 0 Å². The van der Waals surface area contributed by atoms with Crippen molar-refractivity contribution in [1.29, 1.82) is 0 Å². The van der Waals surface area contributed by atoms with E-state index in [1.807, 2.05) is 11.3 Å². The summed E-state index contributed by atoms with van der Waals surface area (Å²) in [6.45, 7) is 6.91. The highest BCUT2D eigenvalue weighted by Gasteiger charge is 2.33. The van der Waals surface area contributed by atoms with Crippen molar-refractivity contribution in [2.45, 2.75) is 46.0 Å². The van der Waals surface area contributed by atoms with Crippen molar-refractivity contribution in [3.8, 4) is 0 Å². The first-order chi connectivity index (χ1) is 8.60. The molecule has 0 aromatic carbocycles. The SMILES string of the molecule is CC(C)CNCC1(Cc2ccc(Br)s2)CCCC1. The Bertz CT molecular complexity index is 366. The van der Waals surface area contributed by atoms with Crippen LogP contribution in [0.3, 0.4) is 0 Å². The second-order valence-corrected chi connectivity index (χ2v) is 8.66. The zero-order chi connectivity index (χ0) is 13.0. The minimum atomic E-state index is 0.527. The molecule has 1 aromatic heterocycles. The van der Waals surface area contributed by atoms with E-state index >= 15 is 0 Å². The molecule has 0 bridgehead atoms. The Hall–Kier alpha value is 0.140. The number of rotatable bonds is 6. The highest BCUT2D eigenvalue weighted by atomic mass is 79.9. The largest absolute Gasteiger partial charge is 0.316 e. The Labute approximate surface area is 123 Å². The highest BCUT2D eigenvalue weighted by Crippen LogP contribution is 2.42. The van der Waals surface area contributed by atoms with E-state index < -0.39 is 0 Å². The molecule has 0 radical (unpaired) electrons. The summed E-state index contributed by atoms with van der Waals surface area (Å²) in [7, 11) is 0. The van der Waals surface area contributed by atoms with Crippen LogP contribution in [0.25, 0.3) is 0 Å². The van der Waals surface area contributed by atoms with Gasteiger partial charge in [0, 0.05) is 11.4 Å². The molecule has 1 fully saturated rings. The third-order valence-electron chi connectivity index (χ3n) is 3.89. The first kappa shape index (κ1) is 14.5. The van der Waals surface area contributed by atoms with Gasteiger partial charge in [-0.25, -0.2) is 0 Å². The molecule has 0 atom stereocenters. The molecule has 1 aliphatic carbocycles. The van der Waals surface area contributed by atoms with E-state index in [2.05, 4.69) is 47.2 Å². The number of hydrogen-bond acceptors (Lipinski definition) is 2. The standard InChI is InChI=1S/C15H24BrNS/c1-12(2)10-17-11-15(7-3-4-8-15)9-13-5-6-14(16)18-13/h5-6,12,17H,3-4,7-11H2,1-2H3. The summed E-state index contributed by atoms with van der Waals surface area (Å²) in [5, 5.41) is 3.69. The van der Waals surface area contributed by atoms with Crippen molar-refractivity contribution in [3.63, 3.8) is 0 Å². The Balaban J connectivity index is 1.93. The van der Waals surface area contributed by atoms with E-state index in [0.29, 0.717) is 5.41 Å². The molecule has 0 amide bonds. The van der Waals surface area contributed by atoms with Crippen LogP contribution >= 0.6 is 27.3 Å². The molecule has 1 saturated carbocycles. The normalized spacial score (nSPS) is 18.7. The van der Waals surface area contributed by atoms with Gasteiger partial charge in [-0.15, -0.1) is 11.3 Å². The van der Waals surface area contributed by atoms with E-state index in [-0.39, 0.29) is 0 Å².